The van der Waals surface area contributed by atoms with E-state index >= 15 is 0 Å². The highest BCUT2D eigenvalue weighted by Gasteiger charge is 2.20. The van der Waals surface area contributed by atoms with Crippen LogP contribution in [0.2, 0.25) is 0 Å². The van der Waals surface area contributed by atoms with Gasteiger partial charge in [0.15, 0.2) is 17.6 Å². The van der Waals surface area contributed by atoms with Gasteiger partial charge in [0.25, 0.3) is 5.91 Å². The highest BCUT2D eigenvalue weighted by molar-refractivity contribution is 5.95. The first-order valence-corrected chi connectivity index (χ1v) is 7.06. The van der Waals surface area contributed by atoms with E-state index in [-0.39, 0.29) is 5.91 Å². The molecule has 1 heterocycles. The molecule has 0 bridgehead atoms. The van der Waals surface area contributed by atoms with Crippen molar-refractivity contribution in [2.75, 3.05) is 25.6 Å². The lowest BCUT2D eigenvalue weighted by Crippen LogP contribution is -2.23. The first-order valence-electron chi connectivity index (χ1n) is 7.06. The summed E-state index contributed by atoms with van der Waals surface area (Å²) < 4.78 is 16.3. The number of carbonyl (C=O) groups excluding carboxylic acids is 1. The number of hydrogen-bond acceptors (Lipinski definition) is 4. The van der Waals surface area contributed by atoms with Crippen molar-refractivity contribution in [3.63, 3.8) is 0 Å². The van der Waals surface area contributed by atoms with Gasteiger partial charge in [0.2, 0.25) is 0 Å². The molecule has 0 aromatic heterocycles. The summed E-state index contributed by atoms with van der Waals surface area (Å²) in [5, 5.41) is 2.84. The molecule has 5 heteroatoms. The predicted octanol–water partition coefficient (Wildman–Crippen LogP) is 2.78. The van der Waals surface area contributed by atoms with Crippen molar-refractivity contribution in [3.05, 3.63) is 54.1 Å². The lowest BCUT2D eigenvalue weighted by atomic mass is 10.1. The number of fused-ring (bicyclic) bond motifs is 1. The molecule has 5 nitrogen and oxygen atoms in total. The van der Waals surface area contributed by atoms with Crippen LogP contribution in [0.15, 0.2) is 48.5 Å². The molecule has 1 aliphatic rings. The van der Waals surface area contributed by atoms with Gasteiger partial charge in [-0.15, -0.1) is 0 Å². The van der Waals surface area contributed by atoms with E-state index in [4.69, 9.17) is 14.2 Å². The Kier molecular flexibility index (Phi) is 4.25. The summed E-state index contributed by atoms with van der Waals surface area (Å²) in [6, 6.07) is 14.7. The van der Waals surface area contributed by atoms with Crippen LogP contribution in [0.25, 0.3) is 0 Å². The Balaban J connectivity index is 1.76. The molecule has 3 rings (SSSR count). The Bertz CT molecular complexity index is 657. The summed E-state index contributed by atoms with van der Waals surface area (Å²) in [5.41, 5.74) is 1.45. The smallest absolute Gasteiger partial charge is 0.258 e. The lowest BCUT2D eigenvalue weighted by Gasteiger charge is -2.20. The maximum absolute atomic E-state index is 12.4. The number of ether oxygens (including phenoxy) is 3. The van der Waals surface area contributed by atoms with Gasteiger partial charge in [-0.3, -0.25) is 4.79 Å². The molecule has 2 aromatic rings. The van der Waals surface area contributed by atoms with Crippen molar-refractivity contribution in [2.24, 2.45) is 0 Å². The van der Waals surface area contributed by atoms with Crippen LogP contribution in [0.3, 0.4) is 0 Å². The summed E-state index contributed by atoms with van der Waals surface area (Å²) in [6.45, 7) is 1.05. The average Bonchev–Trinajstić information content (AvgIpc) is 2.56. The molecule has 1 atom stereocenters. The van der Waals surface area contributed by atoms with Crippen molar-refractivity contribution in [3.8, 4) is 11.5 Å². The zero-order chi connectivity index (χ0) is 15.4. The van der Waals surface area contributed by atoms with Crippen LogP contribution in [0.5, 0.6) is 11.5 Å². The number of anilines is 1. The molecule has 0 fully saturated rings. The van der Waals surface area contributed by atoms with Crippen molar-refractivity contribution in [1.29, 1.82) is 0 Å². The number of rotatable bonds is 4. The first kappa shape index (κ1) is 14.4. The van der Waals surface area contributed by atoms with Gasteiger partial charge in [0.1, 0.15) is 13.2 Å². The van der Waals surface area contributed by atoms with Crippen molar-refractivity contribution in [1.82, 2.24) is 0 Å². The third-order valence-electron chi connectivity index (χ3n) is 3.39. The van der Waals surface area contributed by atoms with Crippen molar-refractivity contribution < 1.29 is 19.0 Å². The van der Waals surface area contributed by atoms with Gasteiger partial charge >= 0.3 is 0 Å². The quantitative estimate of drug-likeness (QED) is 0.943. The van der Waals surface area contributed by atoms with Gasteiger partial charge < -0.3 is 19.5 Å². The number of methoxy groups -OCH3 is 1. The minimum Gasteiger partial charge on any atom is -0.486 e. The largest absolute Gasteiger partial charge is 0.486 e. The van der Waals surface area contributed by atoms with E-state index in [2.05, 4.69) is 5.32 Å². The summed E-state index contributed by atoms with van der Waals surface area (Å²) in [6.07, 6.45) is -0.658. The molecule has 114 valence electrons. The van der Waals surface area contributed by atoms with E-state index < -0.39 is 6.10 Å². The molecule has 2 aromatic carbocycles. The van der Waals surface area contributed by atoms with E-state index in [1.165, 1.54) is 7.11 Å². The fourth-order valence-electron chi connectivity index (χ4n) is 2.35. The molecule has 22 heavy (non-hydrogen) atoms. The molecule has 0 radical (unpaired) electrons. The third kappa shape index (κ3) is 3.04. The van der Waals surface area contributed by atoms with E-state index in [9.17, 15) is 4.79 Å². The molecular formula is C17H17NO4. The van der Waals surface area contributed by atoms with Crippen LogP contribution < -0.4 is 14.8 Å². The second-order valence-electron chi connectivity index (χ2n) is 4.87. The molecule has 1 aliphatic heterocycles. The molecule has 0 saturated heterocycles. The number of carbonyl (C=O) groups is 1. The van der Waals surface area contributed by atoms with Crippen LogP contribution in [0.4, 0.5) is 5.69 Å². The Hall–Kier alpha value is -2.53. The van der Waals surface area contributed by atoms with Crippen LogP contribution >= 0.6 is 0 Å². The maximum atomic E-state index is 12.4. The monoisotopic (exact) mass is 299 g/mol. The van der Waals surface area contributed by atoms with Gasteiger partial charge in [-0.1, -0.05) is 30.3 Å². The van der Waals surface area contributed by atoms with E-state index in [0.717, 1.165) is 5.56 Å². The van der Waals surface area contributed by atoms with Gasteiger partial charge in [-0.25, -0.2) is 0 Å². The SMILES string of the molecule is COC(C(=O)Nc1ccc2c(c1)OCCO2)c1ccccc1. The summed E-state index contributed by atoms with van der Waals surface area (Å²) in [5.74, 6) is 1.10. The number of nitrogens with one attached hydrogen (secondary N) is 1. The molecule has 0 saturated carbocycles. The fraction of sp³-hybridized carbons (Fsp3) is 0.235. The van der Waals surface area contributed by atoms with Crippen LogP contribution in [-0.2, 0) is 9.53 Å². The number of amides is 1. The van der Waals surface area contributed by atoms with E-state index in [1.54, 1.807) is 18.2 Å². The molecular weight excluding hydrogens is 282 g/mol. The van der Waals surface area contributed by atoms with Gasteiger partial charge in [-0.05, 0) is 17.7 Å². The predicted molar refractivity (Wildman–Crippen MR) is 82.3 cm³/mol. The highest BCUT2D eigenvalue weighted by atomic mass is 16.6. The number of benzene rings is 2. The summed E-state index contributed by atoms with van der Waals surface area (Å²) in [4.78, 5) is 12.4. The number of hydrogen-bond donors (Lipinski definition) is 1. The maximum Gasteiger partial charge on any atom is 0.258 e. The minimum absolute atomic E-state index is 0.231. The van der Waals surface area contributed by atoms with E-state index in [1.807, 2.05) is 30.3 Å². The van der Waals surface area contributed by atoms with Crippen LogP contribution in [-0.4, -0.2) is 26.2 Å². The fourth-order valence-corrected chi connectivity index (χ4v) is 2.35. The van der Waals surface area contributed by atoms with Gasteiger partial charge in [0.05, 0.1) is 0 Å². The summed E-state index contributed by atoms with van der Waals surface area (Å²) >= 11 is 0. The van der Waals surface area contributed by atoms with Crippen molar-refractivity contribution in [2.45, 2.75) is 6.10 Å². The van der Waals surface area contributed by atoms with Crippen molar-refractivity contribution >= 4 is 11.6 Å². The second-order valence-corrected chi connectivity index (χ2v) is 4.87. The lowest BCUT2D eigenvalue weighted by molar-refractivity contribution is -0.126. The Morgan fingerprint density at radius 2 is 1.82 bits per heavy atom. The first-order chi connectivity index (χ1) is 10.8. The molecule has 0 aliphatic carbocycles. The second kappa shape index (κ2) is 6.49. The van der Waals surface area contributed by atoms with Gasteiger partial charge in [0, 0.05) is 18.9 Å². The molecule has 0 spiro atoms. The third-order valence-corrected chi connectivity index (χ3v) is 3.39. The topological polar surface area (TPSA) is 56.8 Å². The molecule has 1 N–H and O–H groups in total. The minimum atomic E-state index is -0.658. The van der Waals surface area contributed by atoms with E-state index in [0.29, 0.717) is 30.4 Å². The Labute approximate surface area is 128 Å². The zero-order valence-corrected chi connectivity index (χ0v) is 12.2. The molecule has 1 amide bonds. The highest BCUT2D eigenvalue weighted by Crippen LogP contribution is 2.33. The van der Waals surface area contributed by atoms with Crippen LogP contribution in [0.1, 0.15) is 11.7 Å². The Morgan fingerprint density at radius 1 is 1.09 bits per heavy atom. The zero-order valence-electron chi connectivity index (χ0n) is 12.2. The Morgan fingerprint density at radius 3 is 2.55 bits per heavy atom. The van der Waals surface area contributed by atoms with Gasteiger partial charge in [-0.2, -0.15) is 0 Å². The normalized spacial score (nSPS) is 14.2. The van der Waals surface area contributed by atoms with Crippen LogP contribution in [0, 0.1) is 0 Å². The average molecular weight is 299 g/mol. The standard InChI is InChI=1S/C17H17NO4/c1-20-16(12-5-3-2-4-6-12)17(19)18-13-7-8-14-15(11-13)22-10-9-21-14/h2-8,11,16H,9-10H2,1H3,(H,18,19). The molecule has 1 unspecified atom stereocenters. The summed E-state index contributed by atoms with van der Waals surface area (Å²) in [7, 11) is 1.51.